The molecule has 1 heterocycles. The summed E-state index contributed by atoms with van der Waals surface area (Å²) in [6.45, 7) is 5.23. The second-order valence-electron chi connectivity index (χ2n) is 4.25. The minimum Gasteiger partial charge on any atom is -0.358 e. The Hall–Kier alpha value is -0.610. The second-order valence-corrected chi connectivity index (χ2v) is 4.25. The third kappa shape index (κ3) is 1.91. The number of rotatable bonds is 1. The van der Waals surface area contributed by atoms with E-state index in [4.69, 9.17) is 0 Å². The first-order valence-corrected chi connectivity index (χ1v) is 5.12. The van der Waals surface area contributed by atoms with E-state index in [1.807, 2.05) is 7.05 Å². The van der Waals surface area contributed by atoms with E-state index < -0.39 is 0 Å². The first-order valence-electron chi connectivity index (χ1n) is 5.12. The van der Waals surface area contributed by atoms with Gasteiger partial charge >= 0.3 is 0 Å². The van der Waals surface area contributed by atoms with Crippen molar-refractivity contribution in [3.63, 3.8) is 0 Å². The van der Waals surface area contributed by atoms with Gasteiger partial charge in [0, 0.05) is 25.7 Å². The lowest BCUT2D eigenvalue weighted by Gasteiger charge is -2.46. The van der Waals surface area contributed by atoms with Crippen molar-refractivity contribution >= 4 is 5.91 Å². The van der Waals surface area contributed by atoms with Crippen LogP contribution in [0.15, 0.2) is 0 Å². The molecule has 0 aromatic carbocycles. The quantitative estimate of drug-likeness (QED) is 0.471. The Labute approximate surface area is 86.2 Å². The van der Waals surface area contributed by atoms with Crippen LogP contribution in [0, 0.1) is 0 Å². The van der Waals surface area contributed by atoms with Crippen molar-refractivity contribution in [1.82, 2.24) is 15.1 Å². The van der Waals surface area contributed by atoms with E-state index in [-0.39, 0.29) is 18.0 Å². The zero-order valence-corrected chi connectivity index (χ0v) is 9.74. The van der Waals surface area contributed by atoms with Gasteiger partial charge in [-0.25, -0.2) is 0 Å². The zero-order chi connectivity index (χ0) is 10.9. The number of piperazine rings is 1. The number of nitrogens with one attached hydrogen (secondary N) is 1. The molecule has 0 bridgehead atoms. The van der Waals surface area contributed by atoms with Gasteiger partial charge in [-0.1, -0.05) is 0 Å². The smallest absolute Gasteiger partial charge is 0.238 e. The van der Waals surface area contributed by atoms with Crippen LogP contribution in [0.25, 0.3) is 0 Å². The predicted molar refractivity (Wildman–Crippen MR) is 57.2 cm³/mol. The fourth-order valence-electron chi connectivity index (χ4n) is 2.22. The molecule has 0 aliphatic carbocycles. The summed E-state index contributed by atoms with van der Waals surface area (Å²) in [6.07, 6.45) is 0. The van der Waals surface area contributed by atoms with Gasteiger partial charge in [0.1, 0.15) is 6.04 Å². The molecular weight excluding hydrogens is 181 g/mol. The monoisotopic (exact) mass is 202 g/mol. The Kier molecular flexibility index (Phi) is 3.50. The SMILES string of the molecule is CC1CN([13CH3])C(C(=O)[15NH][13CH3])C(C)N1C. The molecule has 14 heavy (non-hydrogen) atoms. The van der Waals surface area contributed by atoms with Crippen LogP contribution < -0.4 is 5.32 Å². The van der Waals surface area contributed by atoms with Crippen molar-refractivity contribution < 1.29 is 4.79 Å². The molecule has 1 saturated heterocycles. The van der Waals surface area contributed by atoms with Gasteiger partial charge in [-0.2, -0.15) is 0 Å². The van der Waals surface area contributed by atoms with Crippen molar-refractivity contribution in [3.05, 3.63) is 0 Å². The maximum atomic E-state index is 11.7. The molecule has 0 spiro atoms. The van der Waals surface area contributed by atoms with E-state index in [0.717, 1.165) is 6.54 Å². The number of hydrogen-bond acceptors (Lipinski definition) is 3. The zero-order valence-electron chi connectivity index (χ0n) is 9.74. The molecular formula is C10H21N3O. The highest BCUT2D eigenvalue weighted by Gasteiger charge is 2.37. The maximum Gasteiger partial charge on any atom is 0.238 e. The number of carbonyl (C=O) groups excluding carboxylic acids is 1. The van der Waals surface area contributed by atoms with Crippen molar-refractivity contribution in [2.24, 2.45) is 0 Å². The fourth-order valence-corrected chi connectivity index (χ4v) is 2.22. The minimum atomic E-state index is -0.0267. The van der Waals surface area contributed by atoms with Gasteiger partial charge in [0.25, 0.3) is 0 Å². The van der Waals surface area contributed by atoms with Gasteiger partial charge in [-0.05, 0) is 27.9 Å². The Balaban J connectivity index is 2.78. The molecule has 1 aliphatic rings. The highest BCUT2D eigenvalue weighted by molar-refractivity contribution is 5.82. The van der Waals surface area contributed by atoms with Gasteiger partial charge < -0.3 is 5.32 Å². The van der Waals surface area contributed by atoms with Gasteiger partial charge in [-0.15, -0.1) is 0 Å². The largest absolute Gasteiger partial charge is 0.358 e. The van der Waals surface area contributed by atoms with Crippen molar-refractivity contribution in [3.8, 4) is 0 Å². The van der Waals surface area contributed by atoms with E-state index >= 15 is 0 Å². The average Bonchev–Trinajstić information content (AvgIpc) is 2.14. The fraction of sp³-hybridized carbons (Fsp3) is 0.900. The molecule has 3 unspecified atom stereocenters. The number of hydrogen-bond donors (Lipinski definition) is 1. The normalized spacial score (nSPS) is 35.6. The van der Waals surface area contributed by atoms with Crippen LogP contribution in [-0.2, 0) is 4.79 Å². The van der Waals surface area contributed by atoms with Crippen LogP contribution in [0.5, 0.6) is 0 Å². The lowest BCUT2D eigenvalue weighted by atomic mass is 10.0. The molecule has 0 aromatic rings. The second kappa shape index (κ2) is 4.28. The number of amides is 1. The summed E-state index contributed by atoms with van der Waals surface area (Å²) in [7, 11) is 5.79. The summed E-state index contributed by atoms with van der Waals surface area (Å²) in [4.78, 5) is 16.1. The molecule has 4 nitrogen and oxygen atoms in total. The summed E-state index contributed by atoms with van der Waals surface area (Å²) in [6, 6.07) is 0.751. The summed E-state index contributed by atoms with van der Waals surface area (Å²) >= 11 is 0. The van der Waals surface area contributed by atoms with Gasteiger partial charge in [0.15, 0.2) is 0 Å². The molecule has 1 aliphatic heterocycles. The van der Waals surface area contributed by atoms with Crippen LogP contribution in [0.4, 0.5) is 0 Å². The molecule has 0 radical (unpaired) electrons. The van der Waals surface area contributed by atoms with Gasteiger partial charge in [0.2, 0.25) is 5.91 Å². The Bertz CT molecular complexity index is 219. The van der Waals surface area contributed by atoms with Gasteiger partial charge in [-0.3, -0.25) is 14.6 Å². The lowest BCUT2D eigenvalue weighted by molar-refractivity contribution is -0.130. The molecule has 0 saturated carbocycles. The van der Waals surface area contributed by atoms with E-state index in [9.17, 15) is 4.79 Å². The Morgan fingerprint density at radius 1 is 1.36 bits per heavy atom. The molecule has 1 rings (SSSR count). The van der Waals surface area contributed by atoms with Crippen LogP contribution >= 0.6 is 0 Å². The van der Waals surface area contributed by atoms with Crippen LogP contribution in [0.2, 0.25) is 0 Å². The molecule has 82 valence electrons. The topological polar surface area (TPSA) is 35.6 Å². The van der Waals surface area contributed by atoms with Gasteiger partial charge in [0.05, 0.1) is 0 Å². The summed E-state index contributed by atoms with van der Waals surface area (Å²) in [5, 5.41) is 2.72. The highest BCUT2D eigenvalue weighted by atomic mass is 16.2. The Morgan fingerprint density at radius 2 is 1.93 bits per heavy atom. The van der Waals surface area contributed by atoms with Crippen LogP contribution in [-0.4, -0.2) is 61.5 Å². The maximum absolute atomic E-state index is 11.7. The van der Waals surface area contributed by atoms with Crippen molar-refractivity contribution in [2.45, 2.75) is 32.0 Å². The standard InChI is InChI=1S/C10H21N3O/c1-7-6-12(4)9(10(14)11-3)8(2)13(7)5/h7-9H,6H2,1-5H3,(H,11,14)/i3+1,4+1,11+1. The van der Waals surface area contributed by atoms with Crippen molar-refractivity contribution in [1.29, 1.82) is 0 Å². The summed E-state index contributed by atoms with van der Waals surface area (Å²) in [5.41, 5.74) is 0. The summed E-state index contributed by atoms with van der Waals surface area (Å²) < 4.78 is 0. The molecule has 1 fully saturated rings. The number of likely N-dealkylation sites (N-methyl/N-ethyl adjacent to an activating group) is 3. The third-order valence-electron chi connectivity index (χ3n) is 3.34. The van der Waals surface area contributed by atoms with Crippen LogP contribution in [0.3, 0.4) is 0 Å². The average molecular weight is 202 g/mol. The third-order valence-corrected chi connectivity index (χ3v) is 3.34. The minimum absolute atomic E-state index is 0.0267. The van der Waals surface area contributed by atoms with Crippen LogP contribution in [0.1, 0.15) is 13.8 Å². The first kappa shape index (κ1) is 11.5. The molecule has 1 N–H and O–H groups in total. The molecule has 3 atom stereocenters. The van der Waals surface area contributed by atoms with E-state index in [0.29, 0.717) is 6.04 Å². The van der Waals surface area contributed by atoms with E-state index in [1.165, 1.54) is 0 Å². The number of nitrogens with zero attached hydrogens (tertiary/aromatic N) is 2. The first-order chi connectivity index (χ1) is 6.49. The Morgan fingerprint density at radius 3 is 2.43 bits per heavy atom. The van der Waals surface area contributed by atoms with E-state index in [1.54, 1.807) is 7.05 Å². The highest BCUT2D eigenvalue weighted by Crippen LogP contribution is 2.18. The molecule has 0 aromatic heterocycles. The van der Waals surface area contributed by atoms with Crippen molar-refractivity contribution in [2.75, 3.05) is 27.7 Å². The predicted octanol–water partition coefficient (Wildman–Crippen LogP) is -0.245. The van der Waals surface area contributed by atoms with E-state index in [2.05, 4.69) is 36.0 Å². The number of carbonyl (C=O) groups is 1. The lowest BCUT2D eigenvalue weighted by Crippen LogP contribution is -2.63. The molecule has 4 heteroatoms. The summed E-state index contributed by atoms with van der Waals surface area (Å²) in [5.74, 6) is 0.110. The molecule has 1 amide bonds.